The van der Waals surface area contributed by atoms with Gasteiger partial charge in [0, 0.05) is 0 Å². The van der Waals surface area contributed by atoms with Crippen LogP contribution < -0.4 is 9.64 Å². The van der Waals surface area contributed by atoms with E-state index in [1.54, 1.807) is 16.2 Å². The number of rotatable bonds is 3. The summed E-state index contributed by atoms with van der Waals surface area (Å²) in [6, 6.07) is 15.7. The first kappa shape index (κ1) is 17.5. The minimum atomic E-state index is 0.0880. The van der Waals surface area contributed by atoms with Crippen molar-refractivity contribution in [2.45, 2.75) is 4.34 Å². The number of hydrogen-bond acceptors (Lipinski definition) is 5. The van der Waals surface area contributed by atoms with E-state index in [0.29, 0.717) is 18.9 Å². The predicted molar refractivity (Wildman–Crippen MR) is 106 cm³/mol. The van der Waals surface area contributed by atoms with Gasteiger partial charge < -0.3 is 9.64 Å². The van der Waals surface area contributed by atoms with Crippen LogP contribution in [0.5, 0.6) is 5.75 Å². The van der Waals surface area contributed by atoms with Crippen LogP contribution in [-0.4, -0.2) is 29.8 Å². The number of aromatic nitrogens is 1. The van der Waals surface area contributed by atoms with Gasteiger partial charge in [-0.15, -0.1) is 24.5 Å². The van der Waals surface area contributed by atoms with Crippen molar-refractivity contribution in [2.24, 2.45) is 0 Å². The molecule has 6 heteroatoms. The molecule has 0 bridgehead atoms. The topological polar surface area (TPSA) is 42.4 Å². The number of carbonyl (C=O) groups is 1. The lowest BCUT2D eigenvalue weighted by molar-refractivity contribution is -0.116. The smallest absolute Gasteiger partial charge is 0.237 e. The Bertz CT molecular complexity index is 845. The fourth-order valence-electron chi connectivity index (χ4n) is 2.54. The van der Waals surface area contributed by atoms with Gasteiger partial charge in [-0.1, -0.05) is 36.0 Å². The minimum Gasteiger partial charge on any atom is -0.490 e. The first-order valence-corrected chi connectivity index (χ1v) is 9.62. The summed E-state index contributed by atoms with van der Waals surface area (Å²) in [6.45, 7) is 7.13. The van der Waals surface area contributed by atoms with Gasteiger partial charge in [0.05, 0.1) is 28.2 Å². The van der Waals surface area contributed by atoms with E-state index in [1.807, 2.05) is 42.5 Å². The highest BCUT2D eigenvalue weighted by Gasteiger charge is 2.23. The van der Waals surface area contributed by atoms with Crippen molar-refractivity contribution in [3.8, 4) is 5.75 Å². The summed E-state index contributed by atoms with van der Waals surface area (Å²) in [5.74, 6) is 1.25. The molecule has 0 saturated carbocycles. The highest BCUT2D eigenvalue weighted by molar-refractivity contribution is 8.01. The molecule has 25 heavy (non-hydrogen) atoms. The van der Waals surface area contributed by atoms with Crippen molar-refractivity contribution in [3.63, 3.8) is 0 Å². The van der Waals surface area contributed by atoms with Gasteiger partial charge in [-0.3, -0.25) is 4.79 Å². The van der Waals surface area contributed by atoms with E-state index in [9.17, 15) is 4.79 Å². The van der Waals surface area contributed by atoms with Crippen molar-refractivity contribution < 1.29 is 9.53 Å². The predicted octanol–water partition coefficient (Wildman–Crippen LogP) is 4.62. The number of ether oxygens (including phenoxy) is 1. The summed E-state index contributed by atoms with van der Waals surface area (Å²) < 4.78 is 7.68. The number of benzene rings is 2. The number of thiazole rings is 1. The standard InChI is InChI=1S/C17H14N2O2S2.C2H4/c20-16(19-9-10-21-14-7-3-2-6-13(14)19)11-22-17-18-12-5-1-4-8-15(12)23-17;1-2/h1-8H,9-11H2;1-2H2. The molecule has 0 saturated heterocycles. The monoisotopic (exact) mass is 370 g/mol. The molecule has 2 heterocycles. The summed E-state index contributed by atoms with van der Waals surface area (Å²) in [5, 5.41) is 0. The molecule has 1 aliphatic heterocycles. The Morgan fingerprint density at radius 3 is 2.80 bits per heavy atom. The van der Waals surface area contributed by atoms with Crippen LogP contribution >= 0.6 is 23.1 Å². The number of hydrogen-bond donors (Lipinski definition) is 0. The normalized spacial score (nSPS) is 12.7. The maximum atomic E-state index is 12.6. The van der Waals surface area contributed by atoms with Gasteiger partial charge in [-0.05, 0) is 24.3 Å². The Hall–Kier alpha value is -2.31. The molecule has 1 amide bonds. The molecule has 1 aliphatic rings. The van der Waals surface area contributed by atoms with Gasteiger partial charge >= 0.3 is 0 Å². The number of carbonyl (C=O) groups excluding carboxylic acids is 1. The Labute approximate surface area is 155 Å². The zero-order chi connectivity index (χ0) is 17.6. The van der Waals surface area contributed by atoms with Gasteiger partial charge in [0.2, 0.25) is 5.91 Å². The van der Waals surface area contributed by atoms with Crippen molar-refractivity contribution in [3.05, 3.63) is 61.7 Å². The van der Waals surface area contributed by atoms with Crippen LogP contribution in [-0.2, 0) is 4.79 Å². The fraction of sp³-hybridized carbons (Fsp3) is 0.158. The van der Waals surface area contributed by atoms with E-state index in [0.717, 1.165) is 26.0 Å². The molecule has 1 aromatic heterocycles. The summed E-state index contributed by atoms with van der Waals surface area (Å²) in [4.78, 5) is 18.9. The van der Waals surface area contributed by atoms with Gasteiger partial charge in [0.15, 0.2) is 4.34 Å². The first-order valence-electron chi connectivity index (χ1n) is 7.82. The van der Waals surface area contributed by atoms with Crippen molar-refractivity contribution >= 4 is 44.9 Å². The van der Waals surface area contributed by atoms with Crippen LogP contribution in [0.25, 0.3) is 10.2 Å². The second kappa shape index (κ2) is 8.18. The average molecular weight is 370 g/mol. The van der Waals surface area contributed by atoms with Gasteiger partial charge in [-0.2, -0.15) is 0 Å². The second-order valence-corrected chi connectivity index (χ2v) is 7.35. The number of amides is 1. The zero-order valence-corrected chi connectivity index (χ0v) is 15.3. The van der Waals surface area contributed by atoms with E-state index in [1.165, 1.54) is 11.8 Å². The van der Waals surface area contributed by atoms with Crippen molar-refractivity contribution in [1.82, 2.24) is 4.98 Å². The maximum Gasteiger partial charge on any atom is 0.237 e. The molecule has 0 N–H and O–H groups in total. The van der Waals surface area contributed by atoms with E-state index < -0.39 is 0 Å². The largest absolute Gasteiger partial charge is 0.490 e. The number of para-hydroxylation sites is 3. The molecule has 0 aliphatic carbocycles. The molecule has 0 fully saturated rings. The molecule has 0 radical (unpaired) electrons. The maximum absolute atomic E-state index is 12.6. The molecular formula is C19H18N2O2S2. The van der Waals surface area contributed by atoms with E-state index in [4.69, 9.17) is 4.74 Å². The summed E-state index contributed by atoms with van der Waals surface area (Å²) in [6.07, 6.45) is 0. The highest BCUT2D eigenvalue weighted by atomic mass is 32.2. The summed E-state index contributed by atoms with van der Waals surface area (Å²) in [7, 11) is 0. The highest BCUT2D eigenvalue weighted by Crippen LogP contribution is 2.33. The molecular weight excluding hydrogens is 352 g/mol. The molecule has 0 unspecified atom stereocenters. The lowest BCUT2D eigenvalue weighted by Crippen LogP contribution is -2.38. The fourth-order valence-corrected chi connectivity index (χ4v) is 4.49. The molecule has 4 rings (SSSR count). The number of anilines is 1. The van der Waals surface area contributed by atoms with Crippen LogP contribution in [0.15, 0.2) is 66.0 Å². The average Bonchev–Trinajstić information content (AvgIpc) is 3.10. The summed E-state index contributed by atoms with van der Waals surface area (Å²) in [5.41, 5.74) is 1.85. The molecule has 4 nitrogen and oxygen atoms in total. The van der Waals surface area contributed by atoms with Crippen LogP contribution in [0.1, 0.15) is 0 Å². The third-order valence-electron chi connectivity index (χ3n) is 3.62. The SMILES string of the molecule is C=C.O=C(CSc1nc2ccccc2s1)N1CCOc2ccccc21. The number of thioether (sulfide) groups is 1. The van der Waals surface area contributed by atoms with Gasteiger partial charge in [0.25, 0.3) is 0 Å². The zero-order valence-electron chi connectivity index (χ0n) is 13.7. The van der Waals surface area contributed by atoms with Gasteiger partial charge in [0.1, 0.15) is 12.4 Å². The van der Waals surface area contributed by atoms with Gasteiger partial charge in [-0.25, -0.2) is 4.98 Å². The van der Waals surface area contributed by atoms with Crippen molar-refractivity contribution in [2.75, 3.05) is 23.8 Å². The van der Waals surface area contributed by atoms with E-state index in [-0.39, 0.29) is 5.91 Å². The van der Waals surface area contributed by atoms with Crippen LogP contribution in [0.2, 0.25) is 0 Å². The second-order valence-electron chi connectivity index (χ2n) is 5.10. The third-order valence-corrected chi connectivity index (χ3v) is 5.79. The molecule has 128 valence electrons. The molecule has 0 spiro atoms. The van der Waals surface area contributed by atoms with E-state index in [2.05, 4.69) is 24.2 Å². The minimum absolute atomic E-state index is 0.0880. The Balaban J connectivity index is 0.000000880. The molecule has 3 aromatic rings. The Morgan fingerprint density at radius 2 is 1.96 bits per heavy atom. The Kier molecular flexibility index (Phi) is 5.73. The van der Waals surface area contributed by atoms with Crippen LogP contribution in [0.3, 0.4) is 0 Å². The quantitative estimate of drug-likeness (QED) is 0.498. The lowest BCUT2D eigenvalue weighted by atomic mass is 10.2. The third kappa shape index (κ3) is 3.86. The van der Waals surface area contributed by atoms with Crippen LogP contribution in [0.4, 0.5) is 5.69 Å². The molecule has 0 atom stereocenters. The number of nitrogens with zero attached hydrogens (tertiary/aromatic N) is 2. The Morgan fingerprint density at radius 1 is 1.20 bits per heavy atom. The van der Waals surface area contributed by atoms with E-state index >= 15 is 0 Å². The van der Waals surface area contributed by atoms with Crippen LogP contribution in [0, 0.1) is 0 Å². The number of fused-ring (bicyclic) bond motifs is 2. The lowest BCUT2D eigenvalue weighted by Gasteiger charge is -2.29. The molecule has 2 aromatic carbocycles. The van der Waals surface area contributed by atoms with Crippen molar-refractivity contribution in [1.29, 1.82) is 0 Å². The first-order chi connectivity index (χ1) is 12.3. The summed E-state index contributed by atoms with van der Waals surface area (Å²) >= 11 is 3.13.